The summed E-state index contributed by atoms with van der Waals surface area (Å²) in [5, 5.41) is 8.69. The molecule has 0 aromatic heterocycles. The fourth-order valence-corrected chi connectivity index (χ4v) is 1.01. The molecule has 98 valence electrons. The van der Waals surface area contributed by atoms with Gasteiger partial charge in [0.15, 0.2) is 0 Å². The largest absolute Gasteiger partial charge is 0.399 e. The molecule has 0 saturated heterocycles. The summed E-state index contributed by atoms with van der Waals surface area (Å²) in [5.41, 5.74) is 7.36. The zero-order valence-corrected chi connectivity index (χ0v) is 10.1. The van der Waals surface area contributed by atoms with Crippen LogP contribution in [0, 0.1) is 0 Å². The predicted molar refractivity (Wildman–Crippen MR) is 65.4 cm³/mol. The molecule has 8 heteroatoms. The molecule has 0 radical (unpaired) electrons. The summed E-state index contributed by atoms with van der Waals surface area (Å²) >= 11 is 0. The zero-order valence-electron chi connectivity index (χ0n) is 9.31. The Morgan fingerprint density at radius 3 is 2.00 bits per heavy atom. The van der Waals surface area contributed by atoms with Crippen molar-refractivity contribution in [3.8, 4) is 0 Å². The Bertz CT molecular complexity index is 410. The number of nitrogens with zero attached hydrogens (tertiary/aromatic N) is 1. The number of aliphatic hydroxyl groups excluding tert-OH is 1. The molecule has 0 aliphatic heterocycles. The van der Waals surface area contributed by atoms with Crippen molar-refractivity contribution in [2.45, 2.75) is 0 Å². The molecule has 0 aliphatic rings. The maximum atomic E-state index is 8.74. The summed E-state index contributed by atoms with van der Waals surface area (Å²) in [6, 6.07) is 7.57. The van der Waals surface area contributed by atoms with Gasteiger partial charge in [0, 0.05) is 25.0 Å². The molecule has 0 fully saturated rings. The molecule has 1 aromatic rings. The Hall–Kier alpha value is -1.35. The number of rotatable bonds is 3. The van der Waals surface area contributed by atoms with Gasteiger partial charge in [0.05, 0.1) is 6.61 Å². The lowest BCUT2D eigenvalue weighted by atomic mass is 10.2. The second kappa shape index (κ2) is 7.07. The van der Waals surface area contributed by atoms with E-state index in [1.165, 1.54) is 0 Å². The van der Waals surface area contributed by atoms with Crippen molar-refractivity contribution in [1.82, 2.24) is 0 Å². The number of likely N-dealkylation sites (N-methyl/N-ethyl adjacent to an activating group) is 1. The lowest BCUT2D eigenvalue weighted by molar-refractivity contribution is 0.304. The minimum absolute atomic E-state index is 0.168. The fourth-order valence-electron chi connectivity index (χ4n) is 1.01. The Balaban J connectivity index is 0.000000437. The van der Waals surface area contributed by atoms with Crippen molar-refractivity contribution in [2.75, 3.05) is 30.8 Å². The van der Waals surface area contributed by atoms with Crippen LogP contribution < -0.4 is 10.6 Å². The van der Waals surface area contributed by atoms with Crippen LogP contribution in [0.25, 0.3) is 0 Å². The Morgan fingerprint density at radius 1 is 1.24 bits per heavy atom. The quantitative estimate of drug-likeness (QED) is 0.449. The molecule has 0 amide bonds. The van der Waals surface area contributed by atoms with E-state index in [4.69, 9.17) is 28.4 Å². The van der Waals surface area contributed by atoms with E-state index in [0.29, 0.717) is 6.54 Å². The maximum Gasteiger partial charge on any atom is 0.394 e. The summed E-state index contributed by atoms with van der Waals surface area (Å²) in [6.07, 6.45) is 0. The zero-order chi connectivity index (χ0) is 13.5. The highest BCUT2D eigenvalue weighted by Crippen LogP contribution is 2.13. The summed E-state index contributed by atoms with van der Waals surface area (Å²) in [6.45, 7) is 0.810. The third-order valence-electron chi connectivity index (χ3n) is 1.77. The lowest BCUT2D eigenvalue weighted by Crippen LogP contribution is -2.20. The van der Waals surface area contributed by atoms with E-state index < -0.39 is 10.4 Å². The molecular weight excluding hydrogens is 248 g/mol. The molecule has 7 nitrogen and oxygen atoms in total. The summed E-state index contributed by atoms with van der Waals surface area (Å²) in [7, 11) is -2.73. The van der Waals surface area contributed by atoms with Crippen LogP contribution in [0.2, 0.25) is 0 Å². The van der Waals surface area contributed by atoms with Crippen molar-refractivity contribution >= 4 is 21.8 Å². The van der Waals surface area contributed by atoms with E-state index in [9.17, 15) is 0 Å². The molecule has 5 N–H and O–H groups in total. The van der Waals surface area contributed by atoms with Crippen LogP contribution in [0.3, 0.4) is 0 Å². The van der Waals surface area contributed by atoms with Gasteiger partial charge in [0.25, 0.3) is 0 Å². The molecule has 17 heavy (non-hydrogen) atoms. The summed E-state index contributed by atoms with van der Waals surface area (Å²) in [4.78, 5) is 1.97. The van der Waals surface area contributed by atoms with Crippen LogP contribution in [0.5, 0.6) is 0 Å². The highest BCUT2D eigenvalue weighted by molar-refractivity contribution is 7.79. The molecule has 1 aromatic carbocycles. The SMILES string of the molecule is CN(CCO)c1ccc(N)cc1.O=S(=O)(O)O. The molecule has 0 saturated carbocycles. The van der Waals surface area contributed by atoms with Crippen LogP contribution in [0.1, 0.15) is 0 Å². The van der Waals surface area contributed by atoms with Crippen LogP contribution in [0.4, 0.5) is 11.4 Å². The van der Waals surface area contributed by atoms with Crippen LogP contribution in [-0.2, 0) is 10.4 Å². The molecule has 0 unspecified atom stereocenters. The first kappa shape index (κ1) is 15.7. The van der Waals surface area contributed by atoms with E-state index in [1.54, 1.807) is 0 Å². The van der Waals surface area contributed by atoms with Gasteiger partial charge in [0.1, 0.15) is 0 Å². The monoisotopic (exact) mass is 264 g/mol. The highest BCUT2D eigenvalue weighted by Gasteiger charge is 1.97. The number of hydrogen-bond acceptors (Lipinski definition) is 5. The summed E-state index contributed by atoms with van der Waals surface area (Å²) in [5.74, 6) is 0. The van der Waals surface area contributed by atoms with Crippen molar-refractivity contribution < 1.29 is 22.6 Å². The van der Waals surface area contributed by atoms with E-state index in [-0.39, 0.29) is 6.61 Å². The van der Waals surface area contributed by atoms with Crippen LogP contribution >= 0.6 is 0 Å². The van der Waals surface area contributed by atoms with E-state index in [2.05, 4.69) is 0 Å². The molecular formula is C9H16N2O5S. The minimum Gasteiger partial charge on any atom is -0.399 e. The van der Waals surface area contributed by atoms with Gasteiger partial charge in [0.2, 0.25) is 0 Å². The lowest BCUT2D eigenvalue weighted by Gasteiger charge is -2.17. The fraction of sp³-hybridized carbons (Fsp3) is 0.333. The van der Waals surface area contributed by atoms with Crippen molar-refractivity contribution in [3.05, 3.63) is 24.3 Å². The van der Waals surface area contributed by atoms with Gasteiger partial charge in [-0.2, -0.15) is 8.42 Å². The molecule has 1 rings (SSSR count). The van der Waals surface area contributed by atoms with Gasteiger partial charge < -0.3 is 15.7 Å². The van der Waals surface area contributed by atoms with E-state index >= 15 is 0 Å². The first-order chi connectivity index (χ1) is 7.74. The predicted octanol–water partition coefficient (Wildman–Crippen LogP) is 0.0445. The maximum absolute atomic E-state index is 8.74. The van der Waals surface area contributed by atoms with Gasteiger partial charge in [-0.05, 0) is 24.3 Å². The molecule has 0 bridgehead atoms. The van der Waals surface area contributed by atoms with E-state index in [1.807, 2.05) is 36.2 Å². The number of benzene rings is 1. The molecule has 0 atom stereocenters. The second-order valence-corrected chi connectivity index (χ2v) is 4.08. The normalized spacial score (nSPS) is 10.4. The van der Waals surface area contributed by atoms with Crippen molar-refractivity contribution in [2.24, 2.45) is 0 Å². The third kappa shape index (κ3) is 9.57. The minimum atomic E-state index is -4.67. The highest BCUT2D eigenvalue weighted by atomic mass is 32.3. The number of aliphatic hydroxyl groups is 1. The van der Waals surface area contributed by atoms with Gasteiger partial charge >= 0.3 is 10.4 Å². The van der Waals surface area contributed by atoms with Crippen LogP contribution in [-0.4, -0.2) is 42.8 Å². The van der Waals surface area contributed by atoms with Gasteiger partial charge in [-0.15, -0.1) is 0 Å². The van der Waals surface area contributed by atoms with E-state index in [0.717, 1.165) is 11.4 Å². The second-order valence-electron chi connectivity index (χ2n) is 3.18. The average molecular weight is 264 g/mol. The first-order valence-corrected chi connectivity index (χ1v) is 6.01. The number of nitrogens with two attached hydrogens (primary N) is 1. The Labute approximate surface area is 100 Å². The molecule has 0 spiro atoms. The Kier molecular flexibility index (Phi) is 6.51. The van der Waals surface area contributed by atoms with Gasteiger partial charge in [-0.1, -0.05) is 0 Å². The van der Waals surface area contributed by atoms with Crippen molar-refractivity contribution in [1.29, 1.82) is 0 Å². The molecule has 0 aliphatic carbocycles. The first-order valence-electron chi connectivity index (χ1n) is 4.61. The number of hydrogen-bond donors (Lipinski definition) is 4. The smallest absolute Gasteiger partial charge is 0.394 e. The number of anilines is 2. The summed E-state index contributed by atoms with van der Waals surface area (Å²) < 4.78 is 31.6. The number of nitrogen functional groups attached to an aromatic ring is 1. The third-order valence-corrected chi connectivity index (χ3v) is 1.77. The van der Waals surface area contributed by atoms with Crippen LogP contribution in [0.15, 0.2) is 24.3 Å². The van der Waals surface area contributed by atoms with Gasteiger partial charge in [-0.3, -0.25) is 9.11 Å². The standard InChI is InChI=1S/C9H14N2O.H2O4S/c1-11(6-7-12)9-4-2-8(10)3-5-9;1-5(2,3)4/h2-5,12H,6-7,10H2,1H3;(H2,1,2,3,4). The average Bonchev–Trinajstić information content (AvgIpc) is 2.16. The Morgan fingerprint density at radius 2 is 1.65 bits per heavy atom. The van der Waals surface area contributed by atoms with Crippen molar-refractivity contribution in [3.63, 3.8) is 0 Å². The topological polar surface area (TPSA) is 124 Å². The van der Waals surface area contributed by atoms with Gasteiger partial charge in [-0.25, -0.2) is 0 Å². The molecule has 0 heterocycles.